The summed E-state index contributed by atoms with van der Waals surface area (Å²) >= 11 is 0. The quantitative estimate of drug-likeness (QED) is 0.747. The molecule has 5 heteroatoms. The molecular weight excluding hydrogens is 258 g/mol. The number of amides is 1. The van der Waals surface area contributed by atoms with E-state index in [-0.39, 0.29) is 11.9 Å². The number of carbonyl (C=O) groups excluding carboxylic acids is 2. The number of likely N-dealkylation sites (tertiary alicyclic amines) is 1. The zero-order chi connectivity index (χ0) is 14.9. The Hall–Kier alpha value is -1.26. The summed E-state index contributed by atoms with van der Waals surface area (Å²) in [5, 5.41) is 0. The average molecular weight is 283 g/mol. The molecule has 0 bridgehead atoms. The second-order valence-corrected chi connectivity index (χ2v) is 6.87. The first kappa shape index (κ1) is 15.1. The Morgan fingerprint density at radius 1 is 1.20 bits per heavy atom. The fourth-order valence-electron chi connectivity index (χ4n) is 2.85. The highest BCUT2D eigenvalue weighted by Gasteiger charge is 2.45. The number of esters is 1. The molecule has 2 fully saturated rings. The smallest absolute Gasteiger partial charge is 0.411 e. The molecule has 20 heavy (non-hydrogen) atoms. The summed E-state index contributed by atoms with van der Waals surface area (Å²) in [6.07, 6.45) is 3.95. The van der Waals surface area contributed by atoms with Crippen molar-refractivity contribution in [2.75, 3.05) is 13.7 Å². The topological polar surface area (TPSA) is 55.8 Å². The maximum atomic E-state index is 12.2. The van der Waals surface area contributed by atoms with Crippen LogP contribution in [0, 0.1) is 11.8 Å². The molecule has 0 unspecified atom stereocenters. The predicted molar refractivity (Wildman–Crippen MR) is 74.2 cm³/mol. The van der Waals surface area contributed by atoms with Gasteiger partial charge in [0.25, 0.3) is 0 Å². The molecule has 5 nitrogen and oxygen atoms in total. The second kappa shape index (κ2) is 5.62. The molecule has 1 saturated heterocycles. The van der Waals surface area contributed by atoms with Gasteiger partial charge in [-0.3, -0.25) is 4.90 Å². The van der Waals surface area contributed by atoms with Crippen molar-refractivity contribution in [1.82, 2.24) is 4.90 Å². The minimum absolute atomic E-state index is 0.211. The first-order chi connectivity index (χ1) is 9.31. The summed E-state index contributed by atoms with van der Waals surface area (Å²) in [6, 6.07) is -0.476. The average Bonchev–Trinajstić information content (AvgIpc) is 3.04. The highest BCUT2D eigenvalue weighted by Crippen LogP contribution is 2.40. The Morgan fingerprint density at radius 3 is 2.35 bits per heavy atom. The monoisotopic (exact) mass is 283 g/mol. The Labute approximate surface area is 120 Å². The largest absolute Gasteiger partial charge is 0.467 e. The van der Waals surface area contributed by atoms with E-state index in [9.17, 15) is 9.59 Å². The van der Waals surface area contributed by atoms with E-state index in [4.69, 9.17) is 9.47 Å². The van der Waals surface area contributed by atoms with Gasteiger partial charge < -0.3 is 9.47 Å². The van der Waals surface area contributed by atoms with Gasteiger partial charge >= 0.3 is 12.1 Å². The van der Waals surface area contributed by atoms with Gasteiger partial charge in [-0.15, -0.1) is 0 Å². The third-order valence-corrected chi connectivity index (χ3v) is 3.93. The third kappa shape index (κ3) is 3.64. The lowest BCUT2D eigenvalue weighted by molar-refractivity contribution is -0.147. The SMILES string of the molecule is COC(=O)[C@H]1[C@@H](CC2CC2)CCN1C(=O)OC(C)(C)C. The summed E-state index contributed by atoms with van der Waals surface area (Å²) in [4.78, 5) is 25.8. The first-order valence-corrected chi connectivity index (χ1v) is 7.39. The molecule has 1 aliphatic carbocycles. The van der Waals surface area contributed by atoms with Gasteiger partial charge in [-0.25, -0.2) is 9.59 Å². The minimum atomic E-state index is -0.549. The van der Waals surface area contributed by atoms with E-state index >= 15 is 0 Å². The van der Waals surface area contributed by atoms with Gasteiger partial charge in [0.15, 0.2) is 0 Å². The van der Waals surface area contributed by atoms with Crippen molar-refractivity contribution >= 4 is 12.1 Å². The molecule has 1 saturated carbocycles. The molecule has 1 heterocycles. The van der Waals surface area contributed by atoms with Gasteiger partial charge in [0.2, 0.25) is 0 Å². The molecule has 0 aromatic rings. The number of rotatable bonds is 3. The van der Waals surface area contributed by atoms with Crippen LogP contribution in [-0.2, 0) is 14.3 Å². The van der Waals surface area contributed by atoms with E-state index in [1.54, 1.807) is 4.90 Å². The Balaban J connectivity index is 2.06. The second-order valence-electron chi connectivity index (χ2n) is 6.87. The van der Waals surface area contributed by atoms with Crippen LogP contribution in [0.25, 0.3) is 0 Å². The Kier molecular flexibility index (Phi) is 4.25. The van der Waals surface area contributed by atoms with Crippen LogP contribution in [0.4, 0.5) is 4.79 Å². The molecule has 1 amide bonds. The summed E-state index contributed by atoms with van der Waals surface area (Å²) in [6.45, 7) is 6.06. The molecule has 0 aromatic carbocycles. The number of hydrogen-bond donors (Lipinski definition) is 0. The lowest BCUT2D eigenvalue weighted by Gasteiger charge is -2.29. The lowest BCUT2D eigenvalue weighted by atomic mass is 9.94. The molecule has 1 aliphatic heterocycles. The van der Waals surface area contributed by atoms with Crippen molar-refractivity contribution in [3.05, 3.63) is 0 Å². The van der Waals surface area contributed by atoms with Crippen molar-refractivity contribution < 1.29 is 19.1 Å². The Morgan fingerprint density at radius 2 is 1.85 bits per heavy atom. The van der Waals surface area contributed by atoms with Gasteiger partial charge in [0.1, 0.15) is 11.6 Å². The van der Waals surface area contributed by atoms with Crippen LogP contribution < -0.4 is 0 Å². The van der Waals surface area contributed by atoms with Gasteiger partial charge in [-0.1, -0.05) is 12.8 Å². The van der Waals surface area contributed by atoms with Crippen molar-refractivity contribution in [1.29, 1.82) is 0 Å². The van der Waals surface area contributed by atoms with E-state index in [2.05, 4.69) is 0 Å². The molecule has 2 aliphatic rings. The summed E-state index contributed by atoms with van der Waals surface area (Å²) in [5.41, 5.74) is -0.549. The van der Waals surface area contributed by atoms with E-state index < -0.39 is 17.7 Å². The summed E-state index contributed by atoms with van der Waals surface area (Å²) < 4.78 is 10.3. The fraction of sp³-hybridized carbons (Fsp3) is 0.867. The van der Waals surface area contributed by atoms with E-state index in [1.807, 2.05) is 20.8 Å². The van der Waals surface area contributed by atoms with Gasteiger partial charge in [-0.05, 0) is 45.4 Å². The number of methoxy groups -OCH3 is 1. The maximum absolute atomic E-state index is 12.2. The van der Waals surface area contributed by atoms with Crippen LogP contribution in [0.3, 0.4) is 0 Å². The summed E-state index contributed by atoms with van der Waals surface area (Å²) in [5.74, 6) is 0.618. The standard InChI is InChI=1S/C15H25NO4/c1-15(2,3)20-14(18)16-8-7-11(9-10-5-6-10)12(16)13(17)19-4/h10-12H,5-9H2,1-4H3/t11-,12-/m1/s1. The molecule has 0 aromatic heterocycles. The molecule has 0 radical (unpaired) electrons. The number of carbonyl (C=O) groups is 2. The van der Waals surface area contributed by atoms with Crippen molar-refractivity contribution in [2.45, 2.75) is 58.1 Å². The molecule has 2 atom stereocenters. The van der Waals surface area contributed by atoms with Crippen molar-refractivity contribution in [3.63, 3.8) is 0 Å². The summed E-state index contributed by atoms with van der Waals surface area (Å²) in [7, 11) is 1.38. The molecule has 0 spiro atoms. The molecule has 114 valence electrons. The molecule has 2 rings (SSSR count). The van der Waals surface area contributed by atoms with Crippen LogP contribution in [0.1, 0.15) is 46.5 Å². The maximum Gasteiger partial charge on any atom is 0.411 e. The van der Waals surface area contributed by atoms with Crippen molar-refractivity contribution in [3.8, 4) is 0 Å². The lowest BCUT2D eigenvalue weighted by Crippen LogP contribution is -2.46. The Bertz CT molecular complexity index is 384. The zero-order valence-electron chi connectivity index (χ0n) is 12.8. The van der Waals surface area contributed by atoms with E-state index in [0.29, 0.717) is 6.54 Å². The number of ether oxygens (including phenoxy) is 2. The van der Waals surface area contributed by atoms with Crippen LogP contribution in [0.2, 0.25) is 0 Å². The minimum Gasteiger partial charge on any atom is -0.467 e. The van der Waals surface area contributed by atoms with Crippen LogP contribution in [-0.4, -0.2) is 42.3 Å². The van der Waals surface area contributed by atoms with Gasteiger partial charge in [-0.2, -0.15) is 0 Å². The van der Waals surface area contributed by atoms with Crippen LogP contribution in [0.15, 0.2) is 0 Å². The normalized spacial score (nSPS) is 26.5. The van der Waals surface area contributed by atoms with Gasteiger partial charge in [0, 0.05) is 6.54 Å². The van der Waals surface area contributed by atoms with Crippen LogP contribution >= 0.6 is 0 Å². The van der Waals surface area contributed by atoms with Crippen LogP contribution in [0.5, 0.6) is 0 Å². The number of hydrogen-bond acceptors (Lipinski definition) is 4. The fourth-order valence-corrected chi connectivity index (χ4v) is 2.85. The van der Waals surface area contributed by atoms with Gasteiger partial charge in [0.05, 0.1) is 7.11 Å². The molecule has 0 N–H and O–H groups in total. The third-order valence-electron chi connectivity index (χ3n) is 3.93. The zero-order valence-corrected chi connectivity index (χ0v) is 12.8. The van der Waals surface area contributed by atoms with E-state index in [0.717, 1.165) is 18.8 Å². The highest BCUT2D eigenvalue weighted by atomic mass is 16.6. The first-order valence-electron chi connectivity index (χ1n) is 7.39. The number of nitrogens with zero attached hydrogens (tertiary/aromatic N) is 1. The van der Waals surface area contributed by atoms with Crippen molar-refractivity contribution in [2.24, 2.45) is 11.8 Å². The highest BCUT2D eigenvalue weighted by molar-refractivity contribution is 5.82. The predicted octanol–water partition coefficient (Wildman–Crippen LogP) is 2.59. The van der Waals surface area contributed by atoms with E-state index in [1.165, 1.54) is 20.0 Å². The molecular formula is C15H25NO4.